The van der Waals surface area contributed by atoms with Gasteiger partial charge in [0.05, 0.1) is 20.1 Å². The lowest BCUT2D eigenvalue weighted by Gasteiger charge is -2.17. The van der Waals surface area contributed by atoms with Gasteiger partial charge in [0.15, 0.2) is 5.82 Å². The average molecular weight is 263 g/mol. The van der Waals surface area contributed by atoms with Gasteiger partial charge < -0.3 is 15.2 Å². The fourth-order valence-corrected chi connectivity index (χ4v) is 2.01. The molecule has 0 spiro atoms. The van der Waals surface area contributed by atoms with E-state index in [1.807, 2.05) is 18.2 Å². The number of ether oxygens (including phenoxy) is 2. The van der Waals surface area contributed by atoms with Gasteiger partial charge in [0.2, 0.25) is 0 Å². The molecule has 0 aliphatic heterocycles. The molecule has 2 aromatic rings. The molecular weight excluding hydrogens is 246 g/mol. The highest BCUT2D eigenvalue weighted by Crippen LogP contribution is 2.32. The topological polar surface area (TPSA) is 88.1 Å². The number of rotatable bonds is 5. The minimum absolute atomic E-state index is 0.148. The van der Waals surface area contributed by atoms with Crippen LogP contribution in [0.15, 0.2) is 18.2 Å². The number of benzene rings is 1. The molecule has 1 heterocycles. The number of nitrogens with zero attached hydrogens (tertiary/aromatic N) is 4. The molecule has 1 aromatic carbocycles. The van der Waals surface area contributed by atoms with E-state index >= 15 is 0 Å². The minimum Gasteiger partial charge on any atom is -0.497 e. The first-order valence-electron chi connectivity index (χ1n) is 5.85. The summed E-state index contributed by atoms with van der Waals surface area (Å²) in [6.45, 7) is 0.373. The van der Waals surface area contributed by atoms with Crippen LogP contribution in [0, 0.1) is 0 Å². The van der Waals surface area contributed by atoms with E-state index in [4.69, 9.17) is 15.2 Å². The molecule has 2 rings (SSSR count). The molecule has 0 saturated heterocycles. The number of methoxy groups -OCH3 is 2. The highest BCUT2D eigenvalue weighted by molar-refractivity contribution is 5.44. The molecule has 0 fully saturated rings. The number of tetrazole rings is 1. The van der Waals surface area contributed by atoms with Gasteiger partial charge in [0.25, 0.3) is 0 Å². The molecular formula is C12H17N5O2. The number of hydrogen-bond acceptors (Lipinski definition) is 6. The first kappa shape index (κ1) is 13.3. The van der Waals surface area contributed by atoms with Crippen LogP contribution in [-0.2, 0) is 7.05 Å². The standard InChI is InChI=1S/C12H17N5O2/c1-17-12(14-15-16-17)10(7-13)9-6-8(18-2)4-5-11(9)19-3/h4-6,10H,7,13H2,1-3H3. The summed E-state index contributed by atoms with van der Waals surface area (Å²) < 4.78 is 12.2. The maximum atomic E-state index is 5.87. The number of nitrogens with two attached hydrogens (primary N) is 1. The number of aryl methyl sites for hydroxylation is 1. The van der Waals surface area contributed by atoms with Gasteiger partial charge in [-0.15, -0.1) is 5.10 Å². The van der Waals surface area contributed by atoms with Crippen LogP contribution in [-0.4, -0.2) is 41.0 Å². The van der Waals surface area contributed by atoms with Crippen LogP contribution in [0.25, 0.3) is 0 Å². The average Bonchev–Trinajstić information content (AvgIpc) is 2.86. The SMILES string of the molecule is COc1ccc(OC)c(C(CN)c2nnnn2C)c1. The molecule has 2 N–H and O–H groups in total. The lowest BCUT2D eigenvalue weighted by atomic mass is 9.97. The van der Waals surface area contributed by atoms with Crippen molar-refractivity contribution in [1.82, 2.24) is 20.2 Å². The molecule has 102 valence electrons. The Hall–Kier alpha value is -2.15. The third kappa shape index (κ3) is 2.50. The van der Waals surface area contributed by atoms with Crippen LogP contribution in [0.1, 0.15) is 17.3 Å². The zero-order valence-corrected chi connectivity index (χ0v) is 11.2. The van der Waals surface area contributed by atoms with Gasteiger partial charge in [-0.1, -0.05) is 0 Å². The Morgan fingerprint density at radius 3 is 2.63 bits per heavy atom. The first-order valence-corrected chi connectivity index (χ1v) is 5.85. The summed E-state index contributed by atoms with van der Waals surface area (Å²) in [7, 11) is 5.02. The third-order valence-electron chi connectivity index (χ3n) is 3.01. The normalized spacial score (nSPS) is 12.2. The van der Waals surface area contributed by atoms with Crippen molar-refractivity contribution >= 4 is 0 Å². The van der Waals surface area contributed by atoms with Crippen molar-refractivity contribution in [2.75, 3.05) is 20.8 Å². The smallest absolute Gasteiger partial charge is 0.159 e. The molecule has 1 aromatic heterocycles. The largest absolute Gasteiger partial charge is 0.497 e. The highest BCUT2D eigenvalue weighted by atomic mass is 16.5. The van der Waals surface area contributed by atoms with E-state index in [-0.39, 0.29) is 5.92 Å². The van der Waals surface area contributed by atoms with E-state index in [2.05, 4.69) is 15.5 Å². The quantitative estimate of drug-likeness (QED) is 0.835. The van der Waals surface area contributed by atoms with Crippen LogP contribution in [0.4, 0.5) is 0 Å². The second kappa shape index (κ2) is 5.66. The summed E-state index contributed by atoms with van der Waals surface area (Å²) >= 11 is 0. The zero-order chi connectivity index (χ0) is 13.8. The van der Waals surface area contributed by atoms with Gasteiger partial charge in [-0.05, 0) is 28.6 Å². The summed E-state index contributed by atoms with van der Waals surface area (Å²) in [5.41, 5.74) is 6.78. The second-order valence-electron chi connectivity index (χ2n) is 4.06. The van der Waals surface area contributed by atoms with E-state index in [9.17, 15) is 0 Å². The predicted octanol–water partition coefficient (Wildman–Crippen LogP) is 0.318. The molecule has 19 heavy (non-hydrogen) atoms. The van der Waals surface area contributed by atoms with E-state index in [1.165, 1.54) is 0 Å². The van der Waals surface area contributed by atoms with Gasteiger partial charge in [-0.25, -0.2) is 4.68 Å². The summed E-state index contributed by atoms with van der Waals surface area (Å²) in [5, 5.41) is 11.5. The summed E-state index contributed by atoms with van der Waals surface area (Å²) in [6.07, 6.45) is 0. The van der Waals surface area contributed by atoms with Gasteiger partial charge in [-0.3, -0.25) is 0 Å². The van der Waals surface area contributed by atoms with Crippen molar-refractivity contribution < 1.29 is 9.47 Å². The third-order valence-corrected chi connectivity index (χ3v) is 3.01. The Labute approximate surface area is 111 Å². The number of aromatic nitrogens is 4. The van der Waals surface area contributed by atoms with Crippen molar-refractivity contribution in [3.05, 3.63) is 29.6 Å². The van der Waals surface area contributed by atoms with Crippen molar-refractivity contribution in [2.45, 2.75) is 5.92 Å². The van der Waals surface area contributed by atoms with Gasteiger partial charge in [0.1, 0.15) is 11.5 Å². The Bertz CT molecular complexity index is 555. The van der Waals surface area contributed by atoms with Gasteiger partial charge in [0, 0.05) is 19.2 Å². The van der Waals surface area contributed by atoms with Crippen LogP contribution in [0.2, 0.25) is 0 Å². The Kier molecular flexibility index (Phi) is 3.96. The van der Waals surface area contributed by atoms with Crippen molar-refractivity contribution in [1.29, 1.82) is 0 Å². The van der Waals surface area contributed by atoms with Gasteiger partial charge in [-0.2, -0.15) is 0 Å². The summed E-state index contributed by atoms with van der Waals surface area (Å²) in [6, 6.07) is 5.58. The van der Waals surface area contributed by atoms with Crippen LogP contribution in [0.3, 0.4) is 0 Å². The molecule has 0 bridgehead atoms. The summed E-state index contributed by atoms with van der Waals surface area (Å²) in [5.74, 6) is 2.02. The van der Waals surface area contributed by atoms with Crippen LogP contribution < -0.4 is 15.2 Å². The molecule has 7 heteroatoms. The van der Waals surface area contributed by atoms with Crippen molar-refractivity contribution in [3.8, 4) is 11.5 Å². The molecule has 0 aliphatic carbocycles. The predicted molar refractivity (Wildman–Crippen MR) is 69.2 cm³/mol. The lowest BCUT2D eigenvalue weighted by molar-refractivity contribution is 0.396. The second-order valence-corrected chi connectivity index (χ2v) is 4.06. The van der Waals surface area contributed by atoms with E-state index in [1.54, 1.807) is 25.9 Å². The summed E-state index contributed by atoms with van der Waals surface area (Å²) in [4.78, 5) is 0. The molecule has 0 saturated carbocycles. The molecule has 1 atom stereocenters. The maximum absolute atomic E-state index is 5.87. The van der Waals surface area contributed by atoms with E-state index < -0.39 is 0 Å². The van der Waals surface area contributed by atoms with Crippen LogP contribution >= 0.6 is 0 Å². The molecule has 1 unspecified atom stereocenters. The Morgan fingerprint density at radius 2 is 2.11 bits per heavy atom. The number of hydrogen-bond donors (Lipinski definition) is 1. The zero-order valence-electron chi connectivity index (χ0n) is 11.2. The van der Waals surface area contributed by atoms with Gasteiger partial charge >= 0.3 is 0 Å². The van der Waals surface area contributed by atoms with Crippen molar-refractivity contribution in [2.24, 2.45) is 12.8 Å². The van der Waals surface area contributed by atoms with Crippen LogP contribution in [0.5, 0.6) is 11.5 Å². The van der Waals surface area contributed by atoms with E-state index in [0.717, 1.165) is 17.1 Å². The fourth-order valence-electron chi connectivity index (χ4n) is 2.01. The first-order chi connectivity index (χ1) is 9.21. The Balaban J connectivity index is 2.51. The highest BCUT2D eigenvalue weighted by Gasteiger charge is 2.22. The molecule has 7 nitrogen and oxygen atoms in total. The fraction of sp³-hybridized carbons (Fsp3) is 0.417. The lowest BCUT2D eigenvalue weighted by Crippen LogP contribution is -2.19. The molecule has 0 radical (unpaired) electrons. The molecule has 0 aliphatic rings. The monoisotopic (exact) mass is 263 g/mol. The van der Waals surface area contributed by atoms with E-state index in [0.29, 0.717) is 12.4 Å². The maximum Gasteiger partial charge on any atom is 0.159 e. The Morgan fingerprint density at radius 1 is 1.32 bits per heavy atom. The molecule has 0 amide bonds. The minimum atomic E-state index is -0.148. The van der Waals surface area contributed by atoms with Crippen molar-refractivity contribution in [3.63, 3.8) is 0 Å².